The third-order valence-electron chi connectivity index (χ3n) is 2.52. The van der Waals surface area contributed by atoms with Gasteiger partial charge in [-0.05, 0) is 25.3 Å². The Morgan fingerprint density at radius 3 is 2.87 bits per heavy atom. The number of carboxylic acids is 1. The third-order valence-corrected chi connectivity index (χ3v) is 2.52. The van der Waals surface area contributed by atoms with Crippen LogP contribution in [0.25, 0.3) is 0 Å². The van der Waals surface area contributed by atoms with Gasteiger partial charge in [-0.25, -0.2) is 0 Å². The second-order valence-electron chi connectivity index (χ2n) is 4.10. The molecule has 5 nitrogen and oxygen atoms in total. The SMILES string of the molecule is CC(CNC(=O)[C@@H]1CCCN1)CC(=O)O. The third kappa shape index (κ3) is 4.29. The molecule has 1 rings (SSSR count). The number of carbonyl (C=O) groups is 2. The average molecular weight is 214 g/mol. The first kappa shape index (κ1) is 12.0. The molecule has 0 bridgehead atoms. The zero-order valence-electron chi connectivity index (χ0n) is 8.95. The molecule has 2 atom stereocenters. The van der Waals surface area contributed by atoms with E-state index in [4.69, 9.17) is 5.11 Å². The highest BCUT2D eigenvalue weighted by molar-refractivity contribution is 5.82. The number of hydrogen-bond donors (Lipinski definition) is 3. The van der Waals surface area contributed by atoms with Crippen molar-refractivity contribution in [2.24, 2.45) is 5.92 Å². The van der Waals surface area contributed by atoms with Crippen LogP contribution in [0.15, 0.2) is 0 Å². The van der Waals surface area contributed by atoms with Crippen molar-refractivity contribution in [1.29, 1.82) is 0 Å². The van der Waals surface area contributed by atoms with E-state index >= 15 is 0 Å². The van der Waals surface area contributed by atoms with E-state index in [1.54, 1.807) is 0 Å². The fraction of sp³-hybridized carbons (Fsp3) is 0.800. The van der Waals surface area contributed by atoms with Crippen molar-refractivity contribution in [3.05, 3.63) is 0 Å². The van der Waals surface area contributed by atoms with Crippen molar-refractivity contribution in [3.8, 4) is 0 Å². The Balaban J connectivity index is 2.18. The summed E-state index contributed by atoms with van der Waals surface area (Å²) in [6.45, 7) is 3.14. The van der Waals surface area contributed by atoms with E-state index in [0.717, 1.165) is 19.4 Å². The summed E-state index contributed by atoms with van der Waals surface area (Å²) in [7, 11) is 0. The van der Waals surface area contributed by atoms with Gasteiger partial charge in [0.05, 0.1) is 6.04 Å². The number of rotatable bonds is 5. The molecule has 0 saturated carbocycles. The molecule has 15 heavy (non-hydrogen) atoms. The predicted molar refractivity (Wildman–Crippen MR) is 55.5 cm³/mol. The minimum atomic E-state index is -0.823. The number of amides is 1. The van der Waals surface area contributed by atoms with Crippen LogP contribution in [-0.4, -0.2) is 36.1 Å². The van der Waals surface area contributed by atoms with Gasteiger partial charge in [-0.1, -0.05) is 6.92 Å². The number of carbonyl (C=O) groups excluding carboxylic acids is 1. The molecule has 0 aromatic heterocycles. The topological polar surface area (TPSA) is 78.4 Å². The Labute approximate surface area is 89.2 Å². The van der Waals surface area contributed by atoms with Crippen LogP contribution in [0.4, 0.5) is 0 Å². The first-order valence-electron chi connectivity index (χ1n) is 5.32. The van der Waals surface area contributed by atoms with Gasteiger partial charge in [-0.2, -0.15) is 0 Å². The second-order valence-corrected chi connectivity index (χ2v) is 4.10. The maximum atomic E-state index is 11.5. The monoisotopic (exact) mass is 214 g/mol. The highest BCUT2D eigenvalue weighted by Crippen LogP contribution is 2.05. The fourth-order valence-electron chi connectivity index (χ4n) is 1.68. The van der Waals surface area contributed by atoms with Crippen molar-refractivity contribution in [2.45, 2.75) is 32.2 Å². The van der Waals surface area contributed by atoms with Crippen LogP contribution in [0.5, 0.6) is 0 Å². The van der Waals surface area contributed by atoms with Crippen LogP contribution < -0.4 is 10.6 Å². The summed E-state index contributed by atoms with van der Waals surface area (Å²) in [4.78, 5) is 21.9. The highest BCUT2D eigenvalue weighted by atomic mass is 16.4. The predicted octanol–water partition coefficient (Wildman–Crippen LogP) is -0.0346. The molecule has 5 heteroatoms. The van der Waals surface area contributed by atoms with Crippen LogP contribution in [0.3, 0.4) is 0 Å². The lowest BCUT2D eigenvalue weighted by atomic mass is 10.1. The van der Waals surface area contributed by atoms with Crippen molar-refractivity contribution in [1.82, 2.24) is 10.6 Å². The molecule has 0 radical (unpaired) electrons. The Kier molecular flexibility index (Phi) is 4.55. The maximum Gasteiger partial charge on any atom is 0.303 e. The summed E-state index contributed by atoms with van der Waals surface area (Å²) in [5.41, 5.74) is 0. The molecule has 1 amide bonds. The molecule has 3 N–H and O–H groups in total. The van der Waals surface area contributed by atoms with Gasteiger partial charge in [0.15, 0.2) is 0 Å². The number of hydrogen-bond acceptors (Lipinski definition) is 3. The molecule has 0 aromatic rings. The minimum absolute atomic E-state index is 0.00950. The smallest absolute Gasteiger partial charge is 0.303 e. The van der Waals surface area contributed by atoms with Gasteiger partial charge in [0, 0.05) is 13.0 Å². The van der Waals surface area contributed by atoms with E-state index in [2.05, 4.69) is 10.6 Å². The highest BCUT2D eigenvalue weighted by Gasteiger charge is 2.22. The van der Waals surface area contributed by atoms with E-state index in [-0.39, 0.29) is 24.3 Å². The zero-order valence-corrected chi connectivity index (χ0v) is 8.95. The summed E-state index contributed by atoms with van der Waals surface area (Å²) in [5, 5.41) is 14.4. The number of carboxylic acid groups (broad SMARTS) is 1. The minimum Gasteiger partial charge on any atom is -0.481 e. The molecular weight excluding hydrogens is 196 g/mol. The molecule has 1 aliphatic heterocycles. The van der Waals surface area contributed by atoms with E-state index in [9.17, 15) is 9.59 Å². The van der Waals surface area contributed by atoms with Crippen molar-refractivity contribution < 1.29 is 14.7 Å². The molecular formula is C10H18N2O3. The molecule has 86 valence electrons. The van der Waals surface area contributed by atoms with Gasteiger partial charge in [0.1, 0.15) is 0 Å². The molecule has 1 saturated heterocycles. The Bertz CT molecular complexity index is 237. The van der Waals surface area contributed by atoms with Crippen LogP contribution in [-0.2, 0) is 9.59 Å². The van der Waals surface area contributed by atoms with E-state index < -0.39 is 5.97 Å². The summed E-state index contributed by atoms with van der Waals surface area (Å²) in [6.07, 6.45) is 2.00. The van der Waals surface area contributed by atoms with E-state index in [1.165, 1.54) is 0 Å². The second kappa shape index (κ2) is 5.70. The summed E-state index contributed by atoms with van der Waals surface area (Å²) < 4.78 is 0. The first-order chi connectivity index (χ1) is 7.09. The lowest BCUT2D eigenvalue weighted by molar-refractivity contribution is -0.138. The Morgan fingerprint density at radius 1 is 1.60 bits per heavy atom. The summed E-state index contributed by atoms with van der Waals surface area (Å²) in [6, 6.07) is -0.0815. The maximum absolute atomic E-state index is 11.5. The van der Waals surface area contributed by atoms with Crippen LogP contribution in [0, 0.1) is 5.92 Å². The number of nitrogens with one attached hydrogen (secondary N) is 2. The molecule has 1 heterocycles. The van der Waals surface area contributed by atoms with Crippen LogP contribution in [0.1, 0.15) is 26.2 Å². The lowest BCUT2D eigenvalue weighted by Crippen LogP contribution is -2.42. The molecule has 0 spiro atoms. The first-order valence-corrected chi connectivity index (χ1v) is 5.32. The van der Waals surface area contributed by atoms with Gasteiger partial charge in [0.2, 0.25) is 5.91 Å². The molecule has 1 unspecified atom stereocenters. The molecule has 1 aliphatic rings. The van der Waals surface area contributed by atoms with Gasteiger partial charge in [-0.3, -0.25) is 9.59 Å². The standard InChI is InChI=1S/C10H18N2O3/c1-7(5-9(13)14)6-12-10(15)8-3-2-4-11-8/h7-8,11H,2-6H2,1H3,(H,12,15)(H,13,14)/t7?,8-/m0/s1. The molecule has 0 aromatic carbocycles. The molecule has 1 fully saturated rings. The van der Waals surface area contributed by atoms with Gasteiger partial charge in [0.25, 0.3) is 0 Å². The lowest BCUT2D eigenvalue weighted by Gasteiger charge is -2.13. The van der Waals surface area contributed by atoms with E-state index in [0.29, 0.717) is 6.54 Å². The fourth-order valence-corrected chi connectivity index (χ4v) is 1.68. The van der Waals surface area contributed by atoms with Gasteiger partial charge >= 0.3 is 5.97 Å². The van der Waals surface area contributed by atoms with Crippen LogP contribution >= 0.6 is 0 Å². The van der Waals surface area contributed by atoms with Crippen molar-refractivity contribution in [3.63, 3.8) is 0 Å². The quantitative estimate of drug-likeness (QED) is 0.600. The summed E-state index contributed by atoms with van der Waals surface area (Å²) >= 11 is 0. The molecule has 0 aliphatic carbocycles. The largest absolute Gasteiger partial charge is 0.481 e. The number of aliphatic carboxylic acids is 1. The van der Waals surface area contributed by atoms with Crippen molar-refractivity contribution >= 4 is 11.9 Å². The van der Waals surface area contributed by atoms with Crippen LogP contribution in [0.2, 0.25) is 0 Å². The van der Waals surface area contributed by atoms with Crippen molar-refractivity contribution in [2.75, 3.05) is 13.1 Å². The normalized spacial score (nSPS) is 22.3. The summed E-state index contributed by atoms with van der Waals surface area (Å²) in [5.74, 6) is -0.853. The zero-order chi connectivity index (χ0) is 11.3. The van der Waals surface area contributed by atoms with E-state index in [1.807, 2.05) is 6.92 Å². The van der Waals surface area contributed by atoms with Gasteiger partial charge in [-0.15, -0.1) is 0 Å². The Morgan fingerprint density at radius 2 is 2.33 bits per heavy atom. The van der Waals surface area contributed by atoms with Gasteiger partial charge < -0.3 is 15.7 Å². The average Bonchev–Trinajstić information content (AvgIpc) is 2.65. The Hall–Kier alpha value is -1.10.